The van der Waals surface area contributed by atoms with Gasteiger partial charge in [-0.1, -0.05) is 0 Å². The second kappa shape index (κ2) is 6.55. The average molecular weight is 281 g/mol. The number of rotatable bonds is 4. The zero-order valence-electron chi connectivity index (χ0n) is 11.3. The van der Waals surface area contributed by atoms with E-state index in [9.17, 15) is 14.4 Å². The molecule has 0 aliphatic heterocycles. The number of benzene rings is 1. The third-order valence-electron chi connectivity index (χ3n) is 2.67. The fourth-order valence-electron chi connectivity index (χ4n) is 1.70. The number of hydrogen-bond acceptors (Lipinski definition) is 7. The van der Waals surface area contributed by atoms with E-state index in [2.05, 4.69) is 14.2 Å². The standard InChI is InChI=1S/C13H15NO6/c1-18-11(15)8-5-4-7(14)6-9(8)10(12(16)19-2)13(17)20-3/h4-6,10H,14H2,1-3H3. The minimum Gasteiger partial charge on any atom is -0.468 e. The first-order valence-electron chi connectivity index (χ1n) is 5.59. The van der Waals surface area contributed by atoms with Crippen LogP contribution in [-0.4, -0.2) is 39.2 Å². The van der Waals surface area contributed by atoms with E-state index in [1.54, 1.807) is 0 Å². The quantitative estimate of drug-likeness (QED) is 0.370. The molecule has 108 valence electrons. The predicted molar refractivity (Wildman–Crippen MR) is 69.0 cm³/mol. The maximum atomic E-state index is 11.8. The Morgan fingerprint density at radius 2 is 1.55 bits per heavy atom. The van der Waals surface area contributed by atoms with Crippen molar-refractivity contribution in [1.82, 2.24) is 0 Å². The van der Waals surface area contributed by atoms with Gasteiger partial charge in [0.2, 0.25) is 0 Å². The van der Waals surface area contributed by atoms with Crippen LogP contribution in [0.2, 0.25) is 0 Å². The molecular formula is C13H15NO6. The van der Waals surface area contributed by atoms with Crippen molar-refractivity contribution in [3.63, 3.8) is 0 Å². The molecule has 0 unspecified atom stereocenters. The number of carbonyl (C=O) groups excluding carboxylic acids is 3. The number of carbonyl (C=O) groups is 3. The molecule has 7 nitrogen and oxygen atoms in total. The lowest BCUT2D eigenvalue weighted by atomic mass is 9.93. The largest absolute Gasteiger partial charge is 0.468 e. The molecule has 20 heavy (non-hydrogen) atoms. The Morgan fingerprint density at radius 1 is 1.00 bits per heavy atom. The summed E-state index contributed by atoms with van der Waals surface area (Å²) < 4.78 is 13.7. The van der Waals surface area contributed by atoms with Gasteiger partial charge in [-0.15, -0.1) is 0 Å². The first kappa shape index (κ1) is 15.5. The Labute approximate surface area is 115 Å². The fraction of sp³-hybridized carbons (Fsp3) is 0.308. The molecular weight excluding hydrogens is 266 g/mol. The lowest BCUT2D eigenvalue weighted by Gasteiger charge is -2.16. The summed E-state index contributed by atoms with van der Waals surface area (Å²) in [6.45, 7) is 0. The van der Waals surface area contributed by atoms with Crippen LogP contribution < -0.4 is 5.73 Å². The second-order valence-corrected chi connectivity index (χ2v) is 3.82. The van der Waals surface area contributed by atoms with Gasteiger partial charge in [-0.05, 0) is 23.8 Å². The van der Waals surface area contributed by atoms with Gasteiger partial charge >= 0.3 is 17.9 Å². The summed E-state index contributed by atoms with van der Waals surface area (Å²) in [4.78, 5) is 35.2. The fourth-order valence-corrected chi connectivity index (χ4v) is 1.70. The first-order chi connectivity index (χ1) is 9.46. The van der Waals surface area contributed by atoms with Crippen LogP contribution in [0.15, 0.2) is 18.2 Å². The van der Waals surface area contributed by atoms with E-state index in [1.807, 2.05) is 0 Å². The molecule has 0 aliphatic rings. The number of methoxy groups -OCH3 is 3. The third-order valence-corrected chi connectivity index (χ3v) is 2.67. The Bertz CT molecular complexity index is 524. The van der Waals surface area contributed by atoms with Gasteiger partial charge in [0.25, 0.3) is 0 Å². The monoisotopic (exact) mass is 281 g/mol. The van der Waals surface area contributed by atoms with Crippen LogP contribution in [0.25, 0.3) is 0 Å². The molecule has 0 atom stereocenters. The van der Waals surface area contributed by atoms with E-state index in [0.717, 1.165) is 14.2 Å². The topological polar surface area (TPSA) is 105 Å². The number of ether oxygens (including phenoxy) is 3. The Morgan fingerprint density at radius 3 is 2.00 bits per heavy atom. The number of nitrogen functional groups attached to an aromatic ring is 1. The van der Waals surface area contributed by atoms with Crippen LogP contribution in [0.3, 0.4) is 0 Å². The molecule has 0 saturated carbocycles. The SMILES string of the molecule is COC(=O)c1ccc(N)cc1C(C(=O)OC)C(=O)OC. The van der Waals surface area contributed by atoms with E-state index in [0.29, 0.717) is 0 Å². The van der Waals surface area contributed by atoms with E-state index >= 15 is 0 Å². The molecule has 7 heteroatoms. The smallest absolute Gasteiger partial charge is 0.338 e. The summed E-state index contributed by atoms with van der Waals surface area (Å²) in [7, 11) is 3.44. The molecule has 1 aromatic rings. The minimum absolute atomic E-state index is 0.0440. The Kier molecular flexibility index (Phi) is 5.08. The van der Waals surface area contributed by atoms with Crippen molar-refractivity contribution in [2.75, 3.05) is 27.1 Å². The van der Waals surface area contributed by atoms with E-state index in [1.165, 1.54) is 25.3 Å². The maximum Gasteiger partial charge on any atom is 0.338 e. The Hall–Kier alpha value is -2.57. The highest BCUT2D eigenvalue weighted by Gasteiger charge is 2.34. The van der Waals surface area contributed by atoms with Gasteiger partial charge in [0, 0.05) is 5.69 Å². The molecule has 0 heterocycles. The highest BCUT2D eigenvalue weighted by atomic mass is 16.5. The van der Waals surface area contributed by atoms with Crippen molar-refractivity contribution in [2.24, 2.45) is 0 Å². The molecule has 0 saturated heterocycles. The van der Waals surface area contributed by atoms with E-state index < -0.39 is 23.8 Å². The van der Waals surface area contributed by atoms with E-state index in [4.69, 9.17) is 5.73 Å². The highest BCUT2D eigenvalue weighted by molar-refractivity contribution is 6.04. The average Bonchev–Trinajstić information content (AvgIpc) is 2.46. The second-order valence-electron chi connectivity index (χ2n) is 3.82. The van der Waals surface area contributed by atoms with Crippen LogP contribution in [0.1, 0.15) is 21.8 Å². The van der Waals surface area contributed by atoms with Crippen LogP contribution >= 0.6 is 0 Å². The van der Waals surface area contributed by atoms with Gasteiger partial charge in [0.05, 0.1) is 26.9 Å². The van der Waals surface area contributed by atoms with Gasteiger partial charge in [-0.25, -0.2) is 4.79 Å². The van der Waals surface area contributed by atoms with Crippen LogP contribution in [-0.2, 0) is 23.8 Å². The summed E-state index contributed by atoms with van der Waals surface area (Å²) in [5.41, 5.74) is 6.04. The summed E-state index contributed by atoms with van der Waals surface area (Å²) in [5, 5.41) is 0. The van der Waals surface area contributed by atoms with Crippen LogP contribution in [0.5, 0.6) is 0 Å². The van der Waals surface area contributed by atoms with E-state index in [-0.39, 0.29) is 16.8 Å². The van der Waals surface area contributed by atoms with Gasteiger partial charge in [0.1, 0.15) is 0 Å². The zero-order chi connectivity index (χ0) is 15.3. The summed E-state index contributed by atoms with van der Waals surface area (Å²) in [6, 6.07) is 4.17. The minimum atomic E-state index is -1.40. The number of nitrogens with two attached hydrogens (primary N) is 1. The van der Waals surface area contributed by atoms with Crippen molar-refractivity contribution in [2.45, 2.75) is 5.92 Å². The molecule has 0 aromatic heterocycles. The molecule has 0 fully saturated rings. The molecule has 0 spiro atoms. The number of esters is 3. The van der Waals surface area contributed by atoms with Crippen molar-refractivity contribution in [3.8, 4) is 0 Å². The van der Waals surface area contributed by atoms with Crippen molar-refractivity contribution < 1.29 is 28.6 Å². The maximum absolute atomic E-state index is 11.8. The highest BCUT2D eigenvalue weighted by Crippen LogP contribution is 2.26. The summed E-state index contributed by atoms with van der Waals surface area (Å²) >= 11 is 0. The van der Waals surface area contributed by atoms with Crippen molar-refractivity contribution in [3.05, 3.63) is 29.3 Å². The third kappa shape index (κ3) is 3.05. The Balaban J connectivity index is 3.45. The van der Waals surface area contributed by atoms with Crippen molar-refractivity contribution >= 4 is 23.6 Å². The lowest BCUT2D eigenvalue weighted by Crippen LogP contribution is -2.26. The lowest BCUT2D eigenvalue weighted by molar-refractivity contribution is -0.154. The molecule has 0 amide bonds. The van der Waals surface area contributed by atoms with Crippen LogP contribution in [0, 0.1) is 0 Å². The van der Waals surface area contributed by atoms with Gasteiger partial charge in [-0.2, -0.15) is 0 Å². The molecule has 1 aromatic carbocycles. The summed E-state index contributed by atoms with van der Waals surface area (Å²) in [6.07, 6.45) is 0. The number of anilines is 1. The predicted octanol–water partition coefficient (Wildman–Crippen LogP) is 0.485. The van der Waals surface area contributed by atoms with Gasteiger partial charge in [-0.3, -0.25) is 9.59 Å². The zero-order valence-corrected chi connectivity index (χ0v) is 11.3. The summed E-state index contributed by atoms with van der Waals surface area (Å²) in [5.74, 6) is -3.80. The number of hydrogen-bond donors (Lipinski definition) is 1. The van der Waals surface area contributed by atoms with Crippen molar-refractivity contribution in [1.29, 1.82) is 0 Å². The molecule has 1 rings (SSSR count). The molecule has 0 aliphatic carbocycles. The normalized spacial score (nSPS) is 10.0. The first-order valence-corrected chi connectivity index (χ1v) is 5.59. The van der Waals surface area contributed by atoms with Crippen LogP contribution in [0.4, 0.5) is 5.69 Å². The molecule has 0 radical (unpaired) electrons. The molecule has 2 N–H and O–H groups in total. The molecule has 0 bridgehead atoms. The van der Waals surface area contributed by atoms with Gasteiger partial charge < -0.3 is 19.9 Å². The van der Waals surface area contributed by atoms with Gasteiger partial charge in [0.15, 0.2) is 5.92 Å².